The molecule has 1 amide bonds. The third kappa shape index (κ3) is 5.94. The highest BCUT2D eigenvalue weighted by atomic mass is 32.2. The molecule has 0 bridgehead atoms. The molecule has 2 aromatic rings. The normalized spacial score (nSPS) is 16.4. The van der Waals surface area contributed by atoms with Crippen molar-refractivity contribution in [3.63, 3.8) is 0 Å². The molecular formula is C18H20F3N3O4S2. The number of carbonyl (C=O) groups excluding carboxylic acids is 1. The van der Waals surface area contributed by atoms with Gasteiger partial charge in [-0.2, -0.15) is 4.31 Å². The van der Waals surface area contributed by atoms with Crippen LogP contribution in [0, 0.1) is 0 Å². The quantitative estimate of drug-likeness (QED) is 0.682. The minimum absolute atomic E-state index is 0.0230. The Kier molecular flexibility index (Phi) is 7.01. The van der Waals surface area contributed by atoms with E-state index in [9.17, 15) is 26.4 Å². The summed E-state index contributed by atoms with van der Waals surface area (Å²) in [5.74, 6) is -0.732. The van der Waals surface area contributed by atoms with E-state index in [1.807, 2.05) is 0 Å². The fraction of sp³-hybridized carbons (Fsp3) is 0.389. The van der Waals surface area contributed by atoms with Gasteiger partial charge >= 0.3 is 6.36 Å². The van der Waals surface area contributed by atoms with Gasteiger partial charge in [0.1, 0.15) is 9.96 Å². The summed E-state index contributed by atoms with van der Waals surface area (Å²) in [6, 6.07) is 8.82. The van der Waals surface area contributed by atoms with Gasteiger partial charge < -0.3 is 10.1 Å². The average molecular weight is 464 g/mol. The van der Waals surface area contributed by atoms with Gasteiger partial charge in [0, 0.05) is 38.3 Å². The third-order valence-corrected chi connectivity index (χ3v) is 7.73. The van der Waals surface area contributed by atoms with Crippen LogP contribution in [0.5, 0.6) is 5.75 Å². The zero-order valence-corrected chi connectivity index (χ0v) is 17.4. The lowest BCUT2D eigenvalue weighted by atomic mass is 10.2. The van der Waals surface area contributed by atoms with Crippen LogP contribution in [0.2, 0.25) is 0 Å². The molecule has 1 fully saturated rings. The molecule has 2 heterocycles. The van der Waals surface area contributed by atoms with Gasteiger partial charge in [-0.15, -0.1) is 24.5 Å². The van der Waals surface area contributed by atoms with Crippen LogP contribution >= 0.6 is 11.3 Å². The van der Waals surface area contributed by atoms with E-state index in [0.717, 1.165) is 11.3 Å². The van der Waals surface area contributed by atoms with Gasteiger partial charge in [0.05, 0.1) is 6.54 Å². The molecule has 1 saturated heterocycles. The molecule has 0 atom stereocenters. The fourth-order valence-corrected chi connectivity index (χ4v) is 5.56. The topological polar surface area (TPSA) is 79.0 Å². The Labute approximate surface area is 176 Å². The Bertz CT molecular complexity index is 957. The van der Waals surface area contributed by atoms with Crippen molar-refractivity contribution in [1.82, 2.24) is 14.5 Å². The van der Waals surface area contributed by atoms with Crippen LogP contribution in [-0.2, 0) is 21.4 Å². The highest BCUT2D eigenvalue weighted by molar-refractivity contribution is 7.91. The molecule has 7 nitrogen and oxygen atoms in total. The molecule has 1 N–H and O–H groups in total. The molecule has 0 spiro atoms. The lowest BCUT2D eigenvalue weighted by Gasteiger charge is -2.33. The third-order valence-electron chi connectivity index (χ3n) is 4.46. The first-order chi connectivity index (χ1) is 14.1. The van der Waals surface area contributed by atoms with Gasteiger partial charge in [0.15, 0.2) is 0 Å². The molecule has 1 aliphatic heterocycles. The molecule has 1 aromatic carbocycles. The summed E-state index contributed by atoms with van der Waals surface area (Å²) in [7, 11) is -3.52. The molecule has 1 aromatic heterocycles. The Morgan fingerprint density at radius 2 is 1.80 bits per heavy atom. The van der Waals surface area contributed by atoms with Gasteiger partial charge in [0.2, 0.25) is 5.91 Å². The number of piperazine rings is 1. The van der Waals surface area contributed by atoms with E-state index in [1.165, 1.54) is 22.5 Å². The number of amides is 1. The molecule has 12 heteroatoms. The second-order valence-electron chi connectivity index (χ2n) is 6.54. The highest BCUT2D eigenvalue weighted by Crippen LogP contribution is 2.26. The van der Waals surface area contributed by atoms with Gasteiger partial charge in [-0.05, 0) is 17.5 Å². The Morgan fingerprint density at radius 3 is 2.43 bits per heavy atom. The Balaban J connectivity index is 1.48. The Morgan fingerprint density at radius 1 is 1.10 bits per heavy atom. The smallest absolute Gasteiger partial charge is 0.405 e. The standard InChI is InChI=1S/C18H20F3N3O4S2/c19-18(20,21)28-15-5-2-1-4-14(15)12-22-16(25)13-23-7-9-24(10-8-23)30(26,27)17-6-3-11-29-17/h1-6,11H,7-10,12-13H2,(H,22,25). The van der Waals surface area contributed by atoms with Gasteiger partial charge in [-0.1, -0.05) is 24.3 Å². The van der Waals surface area contributed by atoms with Crippen molar-refractivity contribution in [2.45, 2.75) is 17.1 Å². The van der Waals surface area contributed by atoms with Crippen LogP contribution in [0.4, 0.5) is 13.2 Å². The van der Waals surface area contributed by atoms with Crippen LogP contribution in [0.3, 0.4) is 0 Å². The van der Waals surface area contributed by atoms with Crippen molar-refractivity contribution in [1.29, 1.82) is 0 Å². The minimum atomic E-state index is -4.82. The number of nitrogens with one attached hydrogen (secondary N) is 1. The van der Waals surface area contributed by atoms with Gasteiger partial charge in [0.25, 0.3) is 10.0 Å². The molecule has 0 unspecified atom stereocenters. The molecule has 0 aliphatic carbocycles. The number of hydrogen-bond donors (Lipinski definition) is 1. The summed E-state index contributed by atoms with van der Waals surface area (Å²) in [4.78, 5) is 14.0. The maximum atomic E-state index is 12.5. The number of hydrogen-bond acceptors (Lipinski definition) is 6. The fourth-order valence-electron chi connectivity index (χ4n) is 2.99. The molecule has 3 rings (SSSR count). The van der Waals surface area contributed by atoms with Crippen molar-refractivity contribution in [3.8, 4) is 5.75 Å². The summed E-state index contributed by atoms with van der Waals surface area (Å²) < 4.78 is 68.1. The van der Waals surface area contributed by atoms with Crippen LogP contribution in [0.15, 0.2) is 46.0 Å². The number of thiophene rings is 1. The number of ether oxygens (including phenoxy) is 1. The van der Waals surface area contributed by atoms with E-state index in [0.29, 0.717) is 13.1 Å². The van der Waals surface area contributed by atoms with Crippen molar-refractivity contribution in [3.05, 3.63) is 47.3 Å². The van der Waals surface area contributed by atoms with Crippen molar-refractivity contribution in [2.75, 3.05) is 32.7 Å². The second-order valence-corrected chi connectivity index (χ2v) is 9.66. The van der Waals surface area contributed by atoms with Crippen LogP contribution in [0.1, 0.15) is 5.56 Å². The van der Waals surface area contributed by atoms with Crippen LogP contribution < -0.4 is 10.1 Å². The number of rotatable bonds is 7. The highest BCUT2D eigenvalue weighted by Gasteiger charge is 2.32. The first-order valence-corrected chi connectivity index (χ1v) is 11.3. The molecule has 30 heavy (non-hydrogen) atoms. The lowest BCUT2D eigenvalue weighted by Crippen LogP contribution is -2.50. The van der Waals surface area contributed by atoms with Crippen molar-refractivity contribution < 1.29 is 31.1 Å². The van der Waals surface area contributed by atoms with E-state index < -0.39 is 16.4 Å². The van der Waals surface area contributed by atoms with Crippen LogP contribution in [-0.4, -0.2) is 62.6 Å². The summed E-state index contributed by atoms with van der Waals surface area (Å²) in [6.45, 7) is 1.19. The van der Waals surface area contributed by atoms with Crippen LogP contribution in [0.25, 0.3) is 0 Å². The number of benzene rings is 1. The van der Waals surface area contributed by atoms with Gasteiger partial charge in [-0.3, -0.25) is 9.69 Å². The number of alkyl halides is 3. The number of nitrogens with zero attached hydrogens (tertiary/aromatic N) is 2. The van der Waals surface area contributed by atoms with Gasteiger partial charge in [-0.25, -0.2) is 8.42 Å². The molecular weight excluding hydrogens is 443 g/mol. The van der Waals surface area contributed by atoms with Crippen molar-refractivity contribution >= 4 is 27.3 Å². The first-order valence-electron chi connectivity index (χ1n) is 9.01. The molecule has 0 saturated carbocycles. The maximum Gasteiger partial charge on any atom is 0.573 e. The first kappa shape index (κ1) is 22.5. The molecule has 1 aliphatic rings. The zero-order chi connectivity index (χ0) is 21.8. The monoisotopic (exact) mass is 463 g/mol. The summed E-state index contributed by atoms with van der Waals surface area (Å²) in [5.41, 5.74) is 0.204. The average Bonchev–Trinajstić information content (AvgIpc) is 3.22. The SMILES string of the molecule is O=C(CN1CCN(S(=O)(=O)c2cccs2)CC1)NCc1ccccc1OC(F)(F)F. The zero-order valence-electron chi connectivity index (χ0n) is 15.8. The number of halogens is 3. The van der Waals surface area contributed by atoms with E-state index >= 15 is 0 Å². The molecule has 164 valence electrons. The second kappa shape index (κ2) is 9.33. The predicted molar refractivity (Wildman–Crippen MR) is 104 cm³/mol. The Hall–Kier alpha value is -2.15. The molecule has 0 radical (unpaired) electrons. The number of carbonyl (C=O) groups is 1. The number of sulfonamides is 1. The van der Waals surface area contributed by atoms with E-state index in [2.05, 4.69) is 10.1 Å². The maximum absolute atomic E-state index is 12.5. The largest absolute Gasteiger partial charge is 0.573 e. The summed E-state index contributed by atoms with van der Waals surface area (Å²) in [6.07, 6.45) is -4.82. The minimum Gasteiger partial charge on any atom is -0.405 e. The van der Waals surface area contributed by atoms with E-state index in [1.54, 1.807) is 28.5 Å². The van der Waals surface area contributed by atoms with E-state index in [4.69, 9.17) is 0 Å². The lowest BCUT2D eigenvalue weighted by molar-refractivity contribution is -0.274. The van der Waals surface area contributed by atoms with E-state index in [-0.39, 0.29) is 47.6 Å². The summed E-state index contributed by atoms with van der Waals surface area (Å²) >= 11 is 1.16. The van der Waals surface area contributed by atoms with Crippen molar-refractivity contribution in [2.24, 2.45) is 0 Å². The summed E-state index contributed by atoms with van der Waals surface area (Å²) in [5, 5.41) is 4.28. The predicted octanol–water partition coefficient (Wildman–Crippen LogP) is 2.27. The number of para-hydroxylation sites is 1.